The van der Waals surface area contributed by atoms with Gasteiger partial charge in [0.1, 0.15) is 15.9 Å². The molecule has 1 aliphatic heterocycles. The molecule has 2 atom stereocenters. The Balaban J connectivity index is 0.00000363. The first kappa shape index (κ1) is 26.2. The van der Waals surface area contributed by atoms with Gasteiger partial charge < -0.3 is 19.3 Å². The molecule has 10 heteroatoms. The number of nitrogens with one attached hydrogen (secondary N) is 1. The quantitative estimate of drug-likeness (QED) is 0.220. The molecular formula is C22H22NNaO7S. The van der Waals surface area contributed by atoms with Gasteiger partial charge in [-0.15, -0.1) is 0 Å². The molecule has 0 saturated heterocycles. The van der Waals surface area contributed by atoms with Crippen LogP contribution in [0.3, 0.4) is 0 Å². The number of unbranched alkanes of at least 4 members (excludes halogenated alkanes) is 1. The fourth-order valence-corrected chi connectivity index (χ4v) is 4.45. The van der Waals surface area contributed by atoms with Gasteiger partial charge in [0.15, 0.2) is 6.10 Å². The second-order valence-electron chi connectivity index (χ2n) is 6.90. The molecule has 2 aromatic carbocycles. The van der Waals surface area contributed by atoms with E-state index in [0.717, 1.165) is 6.08 Å². The molecule has 0 fully saturated rings. The van der Waals surface area contributed by atoms with Crippen LogP contribution in [0.2, 0.25) is 0 Å². The maximum Gasteiger partial charge on any atom is 1.00 e. The molecule has 164 valence electrons. The van der Waals surface area contributed by atoms with Crippen molar-refractivity contribution in [3.63, 3.8) is 0 Å². The molecule has 1 N–H and O–H groups in total. The number of fused-ring (bicyclic) bond motifs is 1. The van der Waals surface area contributed by atoms with E-state index in [1.54, 1.807) is 30.3 Å². The standard InChI is InChI=1S/C22H23NO7S.Na/c1-2-19(24)23-14-8-9-15-29-21-20(25)17-12-6-7-13-18(17)30-22(21,31(26,27)28)16-10-4-3-5-11-16;/h2-7,10-13,21H,1,8-9,14-15H2,(H,23,24)(H,26,27,28);/q;+1/p-1. The monoisotopic (exact) mass is 467 g/mol. The number of rotatable bonds is 9. The first-order valence-corrected chi connectivity index (χ1v) is 11.1. The summed E-state index contributed by atoms with van der Waals surface area (Å²) in [6.45, 7) is 3.70. The molecule has 0 aliphatic carbocycles. The molecular weight excluding hydrogens is 445 g/mol. The van der Waals surface area contributed by atoms with Crippen molar-refractivity contribution in [2.24, 2.45) is 0 Å². The Labute approximate surface area is 209 Å². The fraction of sp³-hybridized carbons (Fsp3) is 0.273. The second-order valence-corrected chi connectivity index (χ2v) is 8.42. The minimum Gasteiger partial charge on any atom is -0.744 e. The molecule has 1 aliphatic rings. The van der Waals surface area contributed by atoms with E-state index in [1.807, 2.05) is 0 Å². The van der Waals surface area contributed by atoms with Crippen LogP contribution in [0.25, 0.3) is 0 Å². The predicted octanol–water partition coefficient (Wildman–Crippen LogP) is -0.868. The third-order valence-corrected chi connectivity index (χ3v) is 6.16. The maximum atomic E-state index is 13.2. The van der Waals surface area contributed by atoms with Crippen molar-refractivity contribution in [2.75, 3.05) is 13.2 Å². The number of hydrogen-bond acceptors (Lipinski definition) is 7. The molecule has 0 saturated carbocycles. The van der Waals surface area contributed by atoms with Gasteiger partial charge in [0, 0.05) is 18.7 Å². The Morgan fingerprint density at radius 2 is 1.81 bits per heavy atom. The van der Waals surface area contributed by atoms with E-state index in [0.29, 0.717) is 19.4 Å². The summed E-state index contributed by atoms with van der Waals surface area (Å²) in [5.41, 5.74) is 0.150. The average Bonchev–Trinajstić information content (AvgIpc) is 2.76. The number of ether oxygens (including phenoxy) is 2. The molecule has 0 aromatic heterocycles. The van der Waals surface area contributed by atoms with Crippen LogP contribution in [0.15, 0.2) is 67.3 Å². The summed E-state index contributed by atoms with van der Waals surface area (Å²) >= 11 is 0. The number of Topliss-reactive ketones (excluding diaryl/α,β-unsaturated/α-hetero) is 1. The summed E-state index contributed by atoms with van der Waals surface area (Å²) in [7, 11) is -5.21. The van der Waals surface area contributed by atoms with Crippen LogP contribution in [0, 0.1) is 0 Å². The van der Waals surface area contributed by atoms with Crippen LogP contribution in [0.4, 0.5) is 0 Å². The van der Waals surface area contributed by atoms with Crippen LogP contribution in [0.5, 0.6) is 5.75 Å². The van der Waals surface area contributed by atoms with Crippen molar-refractivity contribution in [3.8, 4) is 5.75 Å². The van der Waals surface area contributed by atoms with Gasteiger partial charge in [-0.3, -0.25) is 9.59 Å². The van der Waals surface area contributed by atoms with Gasteiger partial charge in [-0.2, -0.15) is 0 Å². The molecule has 2 unspecified atom stereocenters. The minimum atomic E-state index is -5.21. The van der Waals surface area contributed by atoms with Crippen molar-refractivity contribution in [1.82, 2.24) is 5.32 Å². The number of carbonyl (C=O) groups excluding carboxylic acids is 2. The molecule has 2 aromatic rings. The van der Waals surface area contributed by atoms with Crippen LogP contribution >= 0.6 is 0 Å². The van der Waals surface area contributed by atoms with E-state index >= 15 is 0 Å². The molecule has 0 radical (unpaired) electrons. The third kappa shape index (κ3) is 5.31. The molecule has 1 heterocycles. The SMILES string of the molecule is C=CC(=O)NCCCCOC1C(=O)c2ccccc2OC1(c1ccccc1)S(=O)(=O)[O-].[Na+]. The zero-order valence-corrected chi connectivity index (χ0v) is 20.5. The van der Waals surface area contributed by atoms with Crippen LogP contribution < -0.4 is 39.6 Å². The Hall–Kier alpha value is -2.01. The van der Waals surface area contributed by atoms with Crippen molar-refractivity contribution in [3.05, 3.63) is 78.4 Å². The minimum absolute atomic E-state index is 0. The van der Waals surface area contributed by atoms with E-state index in [1.165, 1.54) is 24.3 Å². The number of amides is 1. The van der Waals surface area contributed by atoms with Crippen molar-refractivity contribution >= 4 is 21.8 Å². The normalized spacial score (nSPS) is 19.8. The Bertz CT molecular complexity index is 1070. The van der Waals surface area contributed by atoms with Crippen molar-refractivity contribution < 1.29 is 61.6 Å². The molecule has 32 heavy (non-hydrogen) atoms. The zero-order chi connectivity index (χ0) is 22.5. The number of para-hydroxylation sites is 1. The summed E-state index contributed by atoms with van der Waals surface area (Å²) in [6, 6.07) is 13.7. The zero-order valence-electron chi connectivity index (χ0n) is 17.7. The molecule has 0 spiro atoms. The summed E-state index contributed by atoms with van der Waals surface area (Å²) in [6.07, 6.45) is 0.391. The van der Waals surface area contributed by atoms with Crippen LogP contribution in [-0.4, -0.2) is 43.9 Å². The number of benzene rings is 2. The van der Waals surface area contributed by atoms with Gasteiger partial charge in [0.25, 0.3) is 4.93 Å². The Morgan fingerprint density at radius 1 is 1.16 bits per heavy atom. The Morgan fingerprint density at radius 3 is 2.47 bits per heavy atom. The van der Waals surface area contributed by atoms with E-state index < -0.39 is 26.9 Å². The Kier molecular flexibility index (Phi) is 9.20. The first-order valence-electron chi connectivity index (χ1n) is 9.66. The maximum absolute atomic E-state index is 13.2. The van der Waals surface area contributed by atoms with E-state index in [2.05, 4.69) is 11.9 Å². The molecule has 0 bridgehead atoms. The second kappa shape index (κ2) is 11.2. The van der Waals surface area contributed by atoms with Gasteiger partial charge in [0.2, 0.25) is 11.7 Å². The van der Waals surface area contributed by atoms with E-state index in [-0.39, 0.29) is 58.9 Å². The average molecular weight is 467 g/mol. The van der Waals surface area contributed by atoms with Crippen LogP contribution in [-0.2, 0) is 24.6 Å². The molecule has 1 amide bonds. The molecule has 3 rings (SSSR count). The first-order chi connectivity index (χ1) is 14.8. The third-order valence-electron chi connectivity index (χ3n) is 4.89. The number of hydrogen-bond donors (Lipinski definition) is 1. The largest absolute Gasteiger partial charge is 1.00 e. The summed E-state index contributed by atoms with van der Waals surface area (Å²) < 4.78 is 49.1. The fourth-order valence-electron chi connectivity index (χ4n) is 3.39. The summed E-state index contributed by atoms with van der Waals surface area (Å²) in [5, 5.41) is 2.61. The number of ketones is 1. The van der Waals surface area contributed by atoms with Gasteiger partial charge in [-0.05, 0) is 31.1 Å². The predicted molar refractivity (Wildman–Crippen MR) is 111 cm³/mol. The van der Waals surface area contributed by atoms with Crippen molar-refractivity contribution in [2.45, 2.75) is 23.9 Å². The van der Waals surface area contributed by atoms with Gasteiger partial charge >= 0.3 is 29.6 Å². The van der Waals surface area contributed by atoms with Gasteiger partial charge in [0.05, 0.1) is 5.56 Å². The molecule has 8 nitrogen and oxygen atoms in total. The van der Waals surface area contributed by atoms with E-state index in [4.69, 9.17) is 9.47 Å². The van der Waals surface area contributed by atoms with Gasteiger partial charge in [-0.1, -0.05) is 49.0 Å². The summed E-state index contributed by atoms with van der Waals surface area (Å²) in [5.74, 6) is -0.957. The van der Waals surface area contributed by atoms with Crippen molar-refractivity contribution in [1.29, 1.82) is 0 Å². The van der Waals surface area contributed by atoms with E-state index in [9.17, 15) is 22.6 Å². The summed E-state index contributed by atoms with van der Waals surface area (Å²) in [4.78, 5) is 21.8. The number of carbonyl (C=O) groups is 2. The van der Waals surface area contributed by atoms with Crippen LogP contribution in [0.1, 0.15) is 28.8 Å². The topological polar surface area (TPSA) is 122 Å². The smallest absolute Gasteiger partial charge is 0.744 e. The van der Waals surface area contributed by atoms with Gasteiger partial charge in [-0.25, -0.2) is 8.42 Å².